The summed E-state index contributed by atoms with van der Waals surface area (Å²) in [5, 5.41) is 3.32. The zero-order valence-corrected chi connectivity index (χ0v) is 12.8. The molecule has 1 aromatic carbocycles. The number of piperidine rings is 1. The number of ether oxygens (including phenoxy) is 1. The van der Waals surface area contributed by atoms with Gasteiger partial charge in [-0.1, -0.05) is 0 Å². The fraction of sp³-hybridized carbons (Fsp3) is 0.571. The lowest BCUT2D eigenvalue weighted by atomic mass is 9.99. The van der Waals surface area contributed by atoms with Gasteiger partial charge in [-0.25, -0.2) is 12.7 Å². The summed E-state index contributed by atoms with van der Waals surface area (Å²) in [6.07, 6.45) is 2.26. The summed E-state index contributed by atoms with van der Waals surface area (Å²) in [7, 11) is -0.310. The average molecular weight is 298 g/mol. The van der Waals surface area contributed by atoms with Gasteiger partial charge < -0.3 is 10.1 Å². The molecule has 0 unspecified atom stereocenters. The topological polar surface area (TPSA) is 58.6 Å². The summed E-state index contributed by atoms with van der Waals surface area (Å²) in [5.74, 6) is 1.31. The lowest BCUT2D eigenvalue weighted by Crippen LogP contribution is -2.30. The van der Waals surface area contributed by atoms with E-state index in [1.54, 1.807) is 24.3 Å². The number of nitrogens with zero attached hydrogens (tertiary/aromatic N) is 1. The van der Waals surface area contributed by atoms with Crippen molar-refractivity contribution in [2.75, 3.05) is 33.8 Å². The van der Waals surface area contributed by atoms with Crippen LogP contribution in [0.4, 0.5) is 0 Å². The van der Waals surface area contributed by atoms with Gasteiger partial charge in [0.05, 0.1) is 11.5 Å². The third kappa shape index (κ3) is 3.71. The van der Waals surface area contributed by atoms with Crippen LogP contribution in [0.25, 0.3) is 0 Å². The van der Waals surface area contributed by atoms with Crippen LogP contribution in [-0.4, -0.2) is 46.5 Å². The molecule has 0 aliphatic carbocycles. The van der Waals surface area contributed by atoms with Gasteiger partial charge >= 0.3 is 0 Å². The van der Waals surface area contributed by atoms with Crippen LogP contribution in [0.3, 0.4) is 0 Å². The lowest BCUT2D eigenvalue weighted by molar-refractivity contribution is 0.215. The van der Waals surface area contributed by atoms with E-state index in [4.69, 9.17) is 4.74 Å². The van der Waals surface area contributed by atoms with Crippen LogP contribution in [0.2, 0.25) is 0 Å². The molecule has 0 saturated carbocycles. The maximum atomic E-state index is 11.9. The minimum Gasteiger partial charge on any atom is -0.493 e. The summed E-state index contributed by atoms with van der Waals surface area (Å²) in [4.78, 5) is 0.289. The maximum absolute atomic E-state index is 11.9. The molecule has 1 saturated heterocycles. The number of hydrogen-bond acceptors (Lipinski definition) is 4. The van der Waals surface area contributed by atoms with E-state index in [1.165, 1.54) is 18.4 Å². The van der Waals surface area contributed by atoms with Gasteiger partial charge in [-0.2, -0.15) is 0 Å². The van der Waals surface area contributed by atoms with Crippen molar-refractivity contribution in [3.8, 4) is 5.75 Å². The minimum absolute atomic E-state index is 0.289. The number of benzene rings is 1. The lowest BCUT2D eigenvalue weighted by Gasteiger charge is -2.22. The molecule has 6 heteroatoms. The molecule has 1 fully saturated rings. The van der Waals surface area contributed by atoms with E-state index >= 15 is 0 Å². The smallest absolute Gasteiger partial charge is 0.242 e. The predicted molar refractivity (Wildman–Crippen MR) is 78.4 cm³/mol. The molecule has 1 aliphatic heterocycles. The maximum Gasteiger partial charge on any atom is 0.242 e. The molecule has 20 heavy (non-hydrogen) atoms. The van der Waals surface area contributed by atoms with Crippen LogP contribution in [0.1, 0.15) is 12.8 Å². The highest BCUT2D eigenvalue weighted by atomic mass is 32.2. The van der Waals surface area contributed by atoms with Crippen molar-refractivity contribution in [2.45, 2.75) is 17.7 Å². The third-order valence-electron chi connectivity index (χ3n) is 3.55. The van der Waals surface area contributed by atoms with Crippen LogP contribution in [0.5, 0.6) is 5.75 Å². The van der Waals surface area contributed by atoms with Crippen LogP contribution >= 0.6 is 0 Å². The fourth-order valence-corrected chi connectivity index (χ4v) is 3.08. The molecule has 0 amide bonds. The molecule has 0 spiro atoms. The van der Waals surface area contributed by atoms with Gasteiger partial charge in [0.25, 0.3) is 0 Å². The quantitative estimate of drug-likeness (QED) is 0.890. The first-order valence-corrected chi connectivity index (χ1v) is 8.30. The van der Waals surface area contributed by atoms with Crippen molar-refractivity contribution < 1.29 is 13.2 Å². The van der Waals surface area contributed by atoms with Crippen LogP contribution in [0, 0.1) is 5.92 Å². The van der Waals surface area contributed by atoms with E-state index in [-0.39, 0.29) is 4.90 Å². The summed E-state index contributed by atoms with van der Waals surface area (Å²) >= 11 is 0. The fourth-order valence-electron chi connectivity index (χ4n) is 2.18. The Morgan fingerprint density at radius 3 is 2.35 bits per heavy atom. The third-order valence-corrected chi connectivity index (χ3v) is 5.38. The van der Waals surface area contributed by atoms with Crippen molar-refractivity contribution in [2.24, 2.45) is 5.92 Å². The molecule has 1 heterocycles. The monoisotopic (exact) mass is 298 g/mol. The first-order chi connectivity index (χ1) is 9.50. The molecule has 1 aliphatic rings. The van der Waals surface area contributed by atoms with Gasteiger partial charge in [0.2, 0.25) is 10.0 Å². The number of nitrogens with one attached hydrogen (secondary N) is 1. The van der Waals surface area contributed by atoms with Crippen molar-refractivity contribution in [3.05, 3.63) is 24.3 Å². The van der Waals surface area contributed by atoms with Gasteiger partial charge in [-0.15, -0.1) is 0 Å². The zero-order chi connectivity index (χ0) is 14.6. The highest BCUT2D eigenvalue weighted by Gasteiger charge is 2.17. The Labute approximate surface area is 121 Å². The molecule has 112 valence electrons. The Bertz CT molecular complexity index is 520. The molecule has 1 N–H and O–H groups in total. The van der Waals surface area contributed by atoms with E-state index < -0.39 is 10.0 Å². The van der Waals surface area contributed by atoms with Crippen molar-refractivity contribution in [3.63, 3.8) is 0 Å². The van der Waals surface area contributed by atoms with Crippen molar-refractivity contribution in [1.82, 2.24) is 9.62 Å². The molecule has 0 bridgehead atoms. The van der Waals surface area contributed by atoms with E-state index in [1.807, 2.05) is 0 Å². The highest BCUT2D eigenvalue weighted by molar-refractivity contribution is 7.89. The first-order valence-electron chi connectivity index (χ1n) is 6.86. The summed E-state index contributed by atoms with van der Waals surface area (Å²) in [6.45, 7) is 2.80. The van der Waals surface area contributed by atoms with Gasteiger partial charge in [0, 0.05) is 14.1 Å². The number of rotatable bonds is 5. The molecule has 0 radical (unpaired) electrons. The Morgan fingerprint density at radius 1 is 1.20 bits per heavy atom. The standard InChI is InChI=1S/C14H22N2O3S/c1-16(2)20(17,18)14-5-3-13(4-6-14)19-11-12-7-9-15-10-8-12/h3-6,12,15H,7-11H2,1-2H3. The largest absolute Gasteiger partial charge is 0.493 e. The van der Waals surface area contributed by atoms with Crippen LogP contribution in [0.15, 0.2) is 29.2 Å². The van der Waals surface area contributed by atoms with Crippen LogP contribution in [-0.2, 0) is 10.0 Å². The van der Waals surface area contributed by atoms with E-state index in [0.29, 0.717) is 12.5 Å². The Hall–Kier alpha value is -1.11. The SMILES string of the molecule is CN(C)S(=O)(=O)c1ccc(OCC2CCNCC2)cc1. The average Bonchev–Trinajstić information content (AvgIpc) is 2.46. The van der Waals surface area contributed by atoms with Crippen molar-refractivity contribution in [1.29, 1.82) is 0 Å². The molecular formula is C14H22N2O3S. The van der Waals surface area contributed by atoms with E-state index in [2.05, 4.69) is 5.32 Å². The zero-order valence-electron chi connectivity index (χ0n) is 12.0. The number of hydrogen-bond donors (Lipinski definition) is 1. The summed E-state index contributed by atoms with van der Waals surface area (Å²) in [5.41, 5.74) is 0. The Balaban J connectivity index is 1.94. The van der Waals surface area contributed by atoms with E-state index in [9.17, 15) is 8.42 Å². The normalized spacial score (nSPS) is 17.4. The number of sulfonamides is 1. The van der Waals surface area contributed by atoms with Gasteiger partial charge in [-0.05, 0) is 56.1 Å². The molecule has 0 atom stereocenters. The van der Waals surface area contributed by atoms with Gasteiger partial charge in [0.15, 0.2) is 0 Å². The highest BCUT2D eigenvalue weighted by Crippen LogP contribution is 2.20. The van der Waals surface area contributed by atoms with Gasteiger partial charge in [0.1, 0.15) is 5.75 Å². The predicted octanol–water partition coefficient (Wildman–Crippen LogP) is 1.32. The molecular weight excluding hydrogens is 276 g/mol. The Kier molecular flexibility index (Phi) is 5.01. The molecule has 0 aromatic heterocycles. The van der Waals surface area contributed by atoms with Crippen LogP contribution < -0.4 is 10.1 Å². The molecule has 1 aromatic rings. The van der Waals surface area contributed by atoms with E-state index in [0.717, 1.165) is 31.7 Å². The Morgan fingerprint density at radius 2 is 1.80 bits per heavy atom. The van der Waals surface area contributed by atoms with Crippen molar-refractivity contribution >= 4 is 10.0 Å². The summed E-state index contributed by atoms with van der Waals surface area (Å²) in [6, 6.07) is 6.62. The summed E-state index contributed by atoms with van der Waals surface area (Å²) < 4.78 is 30.8. The second-order valence-electron chi connectivity index (χ2n) is 5.26. The second-order valence-corrected chi connectivity index (χ2v) is 7.42. The molecule has 2 rings (SSSR count). The minimum atomic E-state index is -3.36. The van der Waals surface area contributed by atoms with Gasteiger partial charge in [-0.3, -0.25) is 0 Å². The second kappa shape index (κ2) is 6.56. The first kappa shape index (κ1) is 15.3. The molecule has 5 nitrogen and oxygen atoms in total.